The van der Waals surface area contributed by atoms with Crippen LogP contribution in [0.3, 0.4) is 0 Å². The molecule has 3 rings (SSSR count). The van der Waals surface area contributed by atoms with E-state index in [0.29, 0.717) is 11.3 Å². The van der Waals surface area contributed by atoms with E-state index in [1.54, 1.807) is 6.92 Å². The molecule has 2 aromatic carbocycles. The van der Waals surface area contributed by atoms with Gasteiger partial charge in [-0.2, -0.15) is 13.2 Å². The molecule has 1 heterocycles. The molecule has 0 spiro atoms. The third-order valence-electron chi connectivity index (χ3n) is 4.88. The molecule has 0 unspecified atom stereocenters. The summed E-state index contributed by atoms with van der Waals surface area (Å²) < 4.78 is 66.1. The Bertz CT molecular complexity index is 1030. The maximum Gasteiger partial charge on any atom is 0.416 e. The second-order valence-corrected chi connectivity index (χ2v) is 8.83. The molecule has 1 aliphatic heterocycles. The van der Waals surface area contributed by atoms with E-state index < -0.39 is 21.8 Å². The van der Waals surface area contributed by atoms with E-state index in [9.17, 15) is 26.4 Å². The van der Waals surface area contributed by atoms with Gasteiger partial charge in [-0.15, -0.1) is 0 Å². The van der Waals surface area contributed by atoms with Crippen LogP contribution in [0.2, 0.25) is 0 Å². The number of piperidine rings is 1. The van der Waals surface area contributed by atoms with Gasteiger partial charge in [-0.3, -0.25) is 9.52 Å². The maximum atomic E-state index is 12.9. The summed E-state index contributed by atoms with van der Waals surface area (Å²) in [6, 6.07) is 8.29. The molecule has 3 N–H and O–H groups in total. The van der Waals surface area contributed by atoms with E-state index in [1.807, 2.05) is 0 Å². The van der Waals surface area contributed by atoms with Crippen molar-refractivity contribution in [3.63, 3.8) is 0 Å². The first kappa shape index (κ1) is 22.1. The standard InChI is InChI=1S/C20H22F3N3O3S/c1-13-11-16(25-19(27)14-7-9-24-10-8-14)5-6-18(13)30(28,29)26-17-4-2-3-15(12-17)20(21,22)23/h2-6,11-12,14,24,26H,7-10H2,1H3,(H,25,27). The third kappa shape index (κ3) is 5.31. The molecule has 0 bridgehead atoms. The van der Waals surface area contributed by atoms with Gasteiger partial charge in [0.25, 0.3) is 10.0 Å². The number of carbonyl (C=O) groups excluding carboxylic acids is 1. The smallest absolute Gasteiger partial charge is 0.326 e. The highest BCUT2D eigenvalue weighted by molar-refractivity contribution is 7.92. The lowest BCUT2D eigenvalue weighted by atomic mass is 9.97. The molecule has 30 heavy (non-hydrogen) atoms. The largest absolute Gasteiger partial charge is 0.416 e. The Kier molecular flexibility index (Phi) is 6.37. The van der Waals surface area contributed by atoms with Crippen molar-refractivity contribution in [3.05, 3.63) is 53.6 Å². The molecular formula is C20H22F3N3O3S. The third-order valence-corrected chi connectivity index (χ3v) is 6.43. The summed E-state index contributed by atoms with van der Waals surface area (Å²) in [5, 5.41) is 5.98. The van der Waals surface area contributed by atoms with Crippen LogP contribution in [-0.2, 0) is 21.0 Å². The Hall–Kier alpha value is -2.59. The minimum Gasteiger partial charge on any atom is -0.326 e. The molecule has 0 aromatic heterocycles. The molecule has 0 atom stereocenters. The minimum absolute atomic E-state index is 0.0835. The summed E-state index contributed by atoms with van der Waals surface area (Å²) in [7, 11) is -4.11. The van der Waals surface area contributed by atoms with Crippen LogP contribution in [0.5, 0.6) is 0 Å². The van der Waals surface area contributed by atoms with E-state index in [2.05, 4.69) is 15.4 Å². The van der Waals surface area contributed by atoms with Gasteiger partial charge in [0.15, 0.2) is 0 Å². The van der Waals surface area contributed by atoms with Crippen molar-refractivity contribution in [1.29, 1.82) is 0 Å². The lowest BCUT2D eigenvalue weighted by molar-refractivity contribution is -0.137. The molecule has 1 saturated heterocycles. The number of amides is 1. The number of aryl methyl sites for hydroxylation is 1. The van der Waals surface area contributed by atoms with Crippen LogP contribution in [0.15, 0.2) is 47.4 Å². The molecule has 0 radical (unpaired) electrons. The fourth-order valence-corrected chi connectivity index (χ4v) is 4.60. The summed E-state index contributed by atoms with van der Waals surface area (Å²) in [4.78, 5) is 12.3. The van der Waals surface area contributed by atoms with Crippen molar-refractivity contribution in [3.8, 4) is 0 Å². The van der Waals surface area contributed by atoms with Crippen molar-refractivity contribution in [2.24, 2.45) is 5.92 Å². The van der Waals surface area contributed by atoms with Gasteiger partial charge in [-0.05, 0) is 74.8 Å². The average Bonchev–Trinajstić information content (AvgIpc) is 2.67. The maximum absolute atomic E-state index is 12.9. The van der Waals surface area contributed by atoms with Crippen molar-refractivity contribution in [1.82, 2.24) is 5.32 Å². The number of rotatable bonds is 5. The number of hydrogen-bond donors (Lipinski definition) is 3. The molecule has 1 aliphatic rings. The van der Waals surface area contributed by atoms with E-state index in [-0.39, 0.29) is 22.4 Å². The molecule has 0 saturated carbocycles. The SMILES string of the molecule is Cc1cc(NC(=O)C2CCNCC2)ccc1S(=O)(=O)Nc1cccc(C(F)(F)F)c1. The molecule has 6 nitrogen and oxygen atoms in total. The molecule has 0 aliphatic carbocycles. The number of carbonyl (C=O) groups is 1. The van der Waals surface area contributed by atoms with Crippen molar-refractivity contribution >= 4 is 27.3 Å². The minimum atomic E-state index is -4.58. The van der Waals surface area contributed by atoms with Crippen molar-refractivity contribution in [2.75, 3.05) is 23.1 Å². The Labute approximate surface area is 172 Å². The number of anilines is 2. The Morgan fingerprint density at radius 2 is 1.77 bits per heavy atom. The second-order valence-electron chi connectivity index (χ2n) is 7.18. The van der Waals surface area contributed by atoms with Crippen LogP contribution in [0.4, 0.5) is 24.5 Å². The van der Waals surface area contributed by atoms with E-state index in [0.717, 1.165) is 44.1 Å². The first-order chi connectivity index (χ1) is 14.1. The van der Waals surface area contributed by atoms with Crippen LogP contribution in [0, 0.1) is 12.8 Å². The van der Waals surface area contributed by atoms with Gasteiger partial charge in [0.1, 0.15) is 0 Å². The van der Waals surface area contributed by atoms with Gasteiger partial charge in [0.05, 0.1) is 10.5 Å². The lowest BCUT2D eigenvalue weighted by Crippen LogP contribution is -2.34. The number of benzene rings is 2. The fourth-order valence-electron chi connectivity index (χ4n) is 3.33. The van der Waals surface area contributed by atoms with Crippen LogP contribution in [0.25, 0.3) is 0 Å². The zero-order valence-corrected chi connectivity index (χ0v) is 17.0. The zero-order chi connectivity index (χ0) is 21.9. The van der Waals surface area contributed by atoms with Crippen LogP contribution in [-0.4, -0.2) is 27.4 Å². The summed E-state index contributed by atoms with van der Waals surface area (Å²) in [5.41, 5.74) is -0.311. The van der Waals surface area contributed by atoms with Crippen LogP contribution < -0.4 is 15.4 Å². The highest BCUT2D eigenvalue weighted by atomic mass is 32.2. The van der Waals surface area contributed by atoms with E-state index in [4.69, 9.17) is 0 Å². The first-order valence-corrected chi connectivity index (χ1v) is 10.9. The lowest BCUT2D eigenvalue weighted by Gasteiger charge is -2.22. The number of nitrogens with one attached hydrogen (secondary N) is 3. The quantitative estimate of drug-likeness (QED) is 0.660. The normalized spacial score (nSPS) is 15.6. The topological polar surface area (TPSA) is 87.3 Å². The summed E-state index contributed by atoms with van der Waals surface area (Å²) in [6.07, 6.45) is -3.11. The monoisotopic (exact) mass is 441 g/mol. The molecule has 2 aromatic rings. The highest BCUT2D eigenvalue weighted by Gasteiger charge is 2.31. The predicted octanol–water partition coefficient (Wildman–Crippen LogP) is 3.75. The zero-order valence-electron chi connectivity index (χ0n) is 16.2. The Balaban J connectivity index is 1.76. The first-order valence-electron chi connectivity index (χ1n) is 9.38. The Morgan fingerprint density at radius 3 is 2.40 bits per heavy atom. The molecule has 1 fully saturated rings. The van der Waals surface area contributed by atoms with E-state index >= 15 is 0 Å². The van der Waals surface area contributed by atoms with Gasteiger partial charge in [-0.1, -0.05) is 6.07 Å². The number of sulfonamides is 1. The van der Waals surface area contributed by atoms with Crippen LogP contribution >= 0.6 is 0 Å². The van der Waals surface area contributed by atoms with Crippen molar-refractivity contribution < 1.29 is 26.4 Å². The number of hydrogen-bond acceptors (Lipinski definition) is 4. The summed E-state index contributed by atoms with van der Waals surface area (Å²) >= 11 is 0. The van der Waals surface area contributed by atoms with Crippen LogP contribution in [0.1, 0.15) is 24.0 Å². The average molecular weight is 441 g/mol. The number of halogens is 3. The number of alkyl halides is 3. The summed E-state index contributed by atoms with van der Waals surface area (Å²) in [5.74, 6) is -0.217. The van der Waals surface area contributed by atoms with Gasteiger partial charge in [-0.25, -0.2) is 8.42 Å². The molecule has 162 valence electrons. The molecule has 10 heteroatoms. The van der Waals surface area contributed by atoms with Gasteiger partial charge in [0.2, 0.25) is 5.91 Å². The van der Waals surface area contributed by atoms with Crippen molar-refractivity contribution in [2.45, 2.75) is 30.8 Å². The molecule has 1 amide bonds. The highest BCUT2D eigenvalue weighted by Crippen LogP contribution is 2.31. The van der Waals surface area contributed by atoms with E-state index in [1.165, 1.54) is 24.3 Å². The second kappa shape index (κ2) is 8.65. The van der Waals surface area contributed by atoms with Gasteiger partial charge < -0.3 is 10.6 Å². The van der Waals surface area contributed by atoms with Gasteiger partial charge in [0, 0.05) is 17.3 Å². The summed E-state index contributed by atoms with van der Waals surface area (Å²) in [6.45, 7) is 3.10. The fraction of sp³-hybridized carbons (Fsp3) is 0.350. The van der Waals surface area contributed by atoms with Gasteiger partial charge >= 0.3 is 6.18 Å². The predicted molar refractivity (Wildman–Crippen MR) is 108 cm³/mol. The molecular weight excluding hydrogens is 419 g/mol. The Morgan fingerprint density at radius 1 is 1.07 bits per heavy atom.